The van der Waals surface area contributed by atoms with E-state index in [1.165, 1.54) is 75.4 Å². The maximum absolute atomic E-state index is 5.10. The van der Waals surface area contributed by atoms with Crippen LogP contribution in [0.5, 0.6) is 0 Å². The minimum atomic E-state index is -0.282. The maximum atomic E-state index is 5.10. The van der Waals surface area contributed by atoms with Gasteiger partial charge in [-0.25, -0.2) is 15.0 Å². The Labute approximate surface area is 368 Å². The minimum Gasteiger partial charge on any atom is -0.304 e. The summed E-state index contributed by atoms with van der Waals surface area (Å²) < 4.78 is 0. The molecule has 6 aromatic carbocycles. The Bertz CT molecular complexity index is 2860. The van der Waals surface area contributed by atoms with Crippen LogP contribution in [0.3, 0.4) is 0 Å². The van der Waals surface area contributed by atoms with Crippen LogP contribution in [0.2, 0.25) is 0 Å². The van der Waals surface area contributed by atoms with Crippen molar-refractivity contribution in [3.63, 3.8) is 0 Å². The Kier molecular flexibility index (Phi) is 10.5. The minimum absolute atomic E-state index is 0. The summed E-state index contributed by atoms with van der Waals surface area (Å²) in [5, 5.41) is 2.55. The Morgan fingerprint density at radius 3 is 2.02 bits per heavy atom. The first-order valence-electron chi connectivity index (χ1n) is 21.2. The molecule has 0 spiro atoms. The molecule has 0 saturated heterocycles. The summed E-state index contributed by atoms with van der Waals surface area (Å²) in [5.41, 5.74) is 13.8. The van der Waals surface area contributed by atoms with Crippen LogP contribution in [-0.4, -0.2) is 19.9 Å². The summed E-state index contributed by atoms with van der Waals surface area (Å²) in [6.45, 7) is 11.1. The average molecular weight is 958 g/mol. The number of rotatable bonds is 6. The molecule has 5 heteroatoms. The van der Waals surface area contributed by atoms with E-state index in [1.54, 1.807) is 0 Å². The van der Waals surface area contributed by atoms with Crippen molar-refractivity contribution in [2.45, 2.75) is 83.0 Å². The van der Waals surface area contributed by atoms with Crippen LogP contribution in [0.1, 0.15) is 100 Å². The fraction of sp³-hybridized carbons (Fsp3) is 0.236. The van der Waals surface area contributed by atoms with Gasteiger partial charge < -0.3 is 4.98 Å². The fourth-order valence-electron chi connectivity index (χ4n) is 9.66. The molecule has 1 saturated carbocycles. The standard InChI is InChI=1S/C55H49N4.Ir/c1-54(2,3)53-58-51(41-21-14-19-38(32-41)37-18-13-20-39(31-37)44-23-12-11-22-43(44)35-15-7-6-8-16-35)57-52(59-53)42-27-30-49(56-34-42)40-25-28-46-48(33-40)55(4,5)47-29-26-36-17-9-10-24-45(36)50(46)47;/h6-10,13-21,24,26-34,43-44H,11-12,22-23H2,1-5H3;/q-1;. The molecule has 2 aliphatic carbocycles. The van der Waals surface area contributed by atoms with Crippen LogP contribution < -0.4 is 0 Å². The van der Waals surface area contributed by atoms with E-state index in [0.717, 1.165) is 33.8 Å². The number of fused-ring (bicyclic) bond motifs is 5. The van der Waals surface area contributed by atoms with Crippen molar-refractivity contribution in [3.8, 4) is 56.3 Å². The first-order valence-corrected chi connectivity index (χ1v) is 21.2. The van der Waals surface area contributed by atoms with Crippen molar-refractivity contribution in [1.29, 1.82) is 0 Å². The molecule has 60 heavy (non-hydrogen) atoms. The number of hydrogen-bond donors (Lipinski definition) is 0. The van der Waals surface area contributed by atoms with E-state index in [-0.39, 0.29) is 30.9 Å². The molecule has 1 fully saturated rings. The quantitative estimate of drug-likeness (QED) is 0.156. The zero-order valence-electron chi connectivity index (χ0n) is 35.0. The zero-order valence-corrected chi connectivity index (χ0v) is 37.4. The summed E-state index contributed by atoms with van der Waals surface area (Å²) >= 11 is 0. The van der Waals surface area contributed by atoms with E-state index in [9.17, 15) is 0 Å². The molecule has 2 unspecified atom stereocenters. The van der Waals surface area contributed by atoms with Gasteiger partial charge in [0.1, 0.15) is 5.82 Å². The van der Waals surface area contributed by atoms with Crippen LogP contribution in [-0.2, 0) is 30.9 Å². The fourth-order valence-corrected chi connectivity index (χ4v) is 9.66. The van der Waals surface area contributed by atoms with Crippen LogP contribution in [0.15, 0.2) is 146 Å². The van der Waals surface area contributed by atoms with Crippen LogP contribution in [0.25, 0.3) is 67.1 Å². The van der Waals surface area contributed by atoms with Gasteiger partial charge in [0.25, 0.3) is 0 Å². The topological polar surface area (TPSA) is 51.6 Å². The van der Waals surface area contributed by atoms with Gasteiger partial charge in [0.05, 0.1) is 0 Å². The SMILES string of the molecule is CC(C)(C)c1nc(-c2ccc(-c3[c-]cc4c(c3)C(C)(C)c3ccc5ccccc5c3-4)nc2)nc(-c2cccc(-c3cccc(C4CCCCC4c4ccccc4)c3)c2)n1.[Ir]. The molecule has 10 rings (SSSR count). The van der Waals surface area contributed by atoms with Gasteiger partial charge in [0.15, 0.2) is 11.6 Å². The smallest absolute Gasteiger partial charge is 0.165 e. The van der Waals surface area contributed by atoms with Gasteiger partial charge in [0.2, 0.25) is 0 Å². The van der Waals surface area contributed by atoms with Crippen molar-refractivity contribution in [2.24, 2.45) is 0 Å². The molecule has 0 bridgehead atoms. The molecule has 2 atom stereocenters. The maximum Gasteiger partial charge on any atom is 0.165 e. The molecule has 299 valence electrons. The zero-order chi connectivity index (χ0) is 40.3. The largest absolute Gasteiger partial charge is 0.304 e. The Hall–Kier alpha value is -5.61. The van der Waals surface area contributed by atoms with Crippen LogP contribution in [0.4, 0.5) is 0 Å². The predicted octanol–water partition coefficient (Wildman–Crippen LogP) is 13.9. The summed E-state index contributed by atoms with van der Waals surface area (Å²) in [5.74, 6) is 3.10. The van der Waals surface area contributed by atoms with Crippen molar-refractivity contribution < 1.29 is 20.1 Å². The molecule has 0 amide bonds. The predicted molar refractivity (Wildman–Crippen MR) is 242 cm³/mol. The Morgan fingerprint density at radius 1 is 0.600 bits per heavy atom. The number of aromatic nitrogens is 4. The number of benzene rings is 6. The molecule has 2 heterocycles. The molecule has 4 nitrogen and oxygen atoms in total. The third-order valence-electron chi connectivity index (χ3n) is 12.9. The first kappa shape index (κ1) is 39.8. The average Bonchev–Trinajstić information content (AvgIpc) is 3.51. The molecule has 0 N–H and O–H groups in total. The Morgan fingerprint density at radius 2 is 1.27 bits per heavy atom. The van der Waals surface area contributed by atoms with Gasteiger partial charge in [-0.05, 0) is 86.0 Å². The molecule has 2 aromatic heterocycles. The van der Waals surface area contributed by atoms with Crippen molar-refractivity contribution >= 4 is 10.8 Å². The third-order valence-corrected chi connectivity index (χ3v) is 12.9. The van der Waals surface area contributed by atoms with Crippen molar-refractivity contribution in [2.75, 3.05) is 0 Å². The molecule has 8 aromatic rings. The van der Waals surface area contributed by atoms with E-state index in [0.29, 0.717) is 23.5 Å². The van der Waals surface area contributed by atoms with Gasteiger partial charge in [-0.2, -0.15) is 0 Å². The summed E-state index contributed by atoms with van der Waals surface area (Å²) in [6, 6.07) is 54.4. The van der Waals surface area contributed by atoms with Gasteiger partial charge in [-0.3, -0.25) is 0 Å². The summed E-state index contributed by atoms with van der Waals surface area (Å²) in [4.78, 5) is 20.2. The van der Waals surface area contributed by atoms with E-state index >= 15 is 0 Å². The second-order valence-electron chi connectivity index (χ2n) is 18.1. The van der Waals surface area contributed by atoms with Crippen molar-refractivity contribution in [3.05, 3.63) is 180 Å². The second kappa shape index (κ2) is 15.8. The van der Waals surface area contributed by atoms with Gasteiger partial charge >= 0.3 is 0 Å². The molecule has 1 radical (unpaired) electrons. The van der Waals surface area contributed by atoms with E-state index in [1.807, 2.05) is 6.20 Å². The summed E-state index contributed by atoms with van der Waals surface area (Å²) in [6.07, 6.45) is 6.93. The van der Waals surface area contributed by atoms with Crippen LogP contribution >= 0.6 is 0 Å². The number of pyridine rings is 1. The number of hydrogen-bond acceptors (Lipinski definition) is 4. The normalized spacial score (nSPS) is 16.8. The first-order chi connectivity index (χ1) is 28.6. The molecular formula is C55H49IrN4-. The Balaban J connectivity index is 0.00000462. The third kappa shape index (κ3) is 7.22. The van der Waals surface area contributed by atoms with E-state index in [4.69, 9.17) is 19.9 Å². The second-order valence-corrected chi connectivity index (χ2v) is 18.1. The van der Waals surface area contributed by atoms with Crippen LogP contribution in [0, 0.1) is 6.07 Å². The summed E-state index contributed by atoms with van der Waals surface area (Å²) in [7, 11) is 0. The number of nitrogens with zero attached hydrogens (tertiary/aromatic N) is 4. The van der Waals surface area contributed by atoms with Crippen molar-refractivity contribution in [1.82, 2.24) is 19.9 Å². The van der Waals surface area contributed by atoms with Gasteiger partial charge in [-0.15, -0.1) is 29.3 Å². The van der Waals surface area contributed by atoms with Gasteiger partial charge in [0, 0.05) is 42.8 Å². The monoisotopic (exact) mass is 958 g/mol. The molecule has 0 aliphatic heterocycles. The van der Waals surface area contributed by atoms with E-state index in [2.05, 4.69) is 180 Å². The van der Waals surface area contributed by atoms with E-state index < -0.39 is 0 Å². The molecular weight excluding hydrogens is 909 g/mol. The molecule has 2 aliphatic rings. The van der Waals surface area contributed by atoms with Gasteiger partial charge in [-0.1, -0.05) is 174 Å².